The van der Waals surface area contributed by atoms with Crippen LogP contribution in [0.3, 0.4) is 0 Å². The standard InChI is InChI=1S/C12H16N2O2/c1-2-8-14(9-5-6-9)10-4-3-7-13-11(10)12(15)16/h3-4,7,9H,2,5-6,8H2,1H3,(H,15,16). The van der Waals surface area contributed by atoms with Crippen LogP contribution in [0.2, 0.25) is 0 Å². The maximum Gasteiger partial charge on any atom is 0.356 e. The maximum absolute atomic E-state index is 11.1. The van der Waals surface area contributed by atoms with E-state index < -0.39 is 5.97 Å². The number of nitrogens with zero attached hydrogens (tertiary/aromatic N) is 2. The summed E-state index contributed by atoms with van der Waals surface area (Å²) in [6.45, 7) is 3.00. The molecule has 4 heteroatoms. The maximum atomic E-state index is 11.1. The van der Waals surface area contributed by atoms with E-state index in [1.165, 1.54) is 6.20 Å². The van der Waals surface area contributed by atoms with Crippen LogP contribution in [0.5, 0.6) is 0 Å². The second kappa shape index (κ2) is 4.51. The molecule has 2 rings (SSSR count). The molecule has 0 amide bonds. The second-order valence-electron chi connectivity index (χ2n) is 4.10. The van der Waals surface area contributed by atoms with Crippen molar-refractivity contribution in [3.8, 4) is 0 Å². The van der Waals surface area contributed by atoms with Gasteiger partial charge in [0.15, 0.2) is 5.69 Å². The summed E-state index contributed by atoms with van der Waals surface area (Å²) in [5.41, 5.74) is 0.933. The van der Waals surface area contributed by atoms with Crippen LogP contribution in [0.25, 0.3) is 0 Å². The first-order valence-electron chi connectivity index (χ1n) is 5.69. The quantitative estimate of drug-likeness (QED) is 0.826. The molecule has 16 heavy (non-hydrogen) atoms. The van der Waals surface area contributed by atoms with Gasteiger partial charge in [-0.15, -0.1) is 0 Å². The first-order chi connectivity index (χ1) is 7.74. The van der Waals surface area contributed by atoms with E-state index in [2.05, 4.69) is 16.8 Å². The number of pyridine rings is 1. The Kier molecular flexibility index (Phi) is 3.08. The Morgan fingerprint density at radius 3 is 2.94 bits per heavy atom. The van der Waals surface area contributed by atoms with Gasteiger partial charge in [-0.05, 0) is 31.4 Å². The van der Waals surface area contributed by atoms with Crippen molar-refractivity contribution >= 4 is 11.7 Å². The summed E-state index contributed by atoms with van der Waals surface area (Å²) in [5, 5.41) is 9.10. The third-order valence-electron chi connectivity index (χ3n) is 2.75. The number of carboxylic acid groups (broad SMARTS) is 1. The summed E-state index contributed by atoms with van der Waals surface area (Å²) in [7, 11) is 0. The SMILES string of the molecule is CCCN(c1cccnc1C(=O)O)C1CC1. The Hall–Kier alpha value is -1.58. The molecule has 1 aromatic rings. The van der Waals surface area contributed by atoms with E-state index in [1.54, 1.807) is 6.07 Å². The minimum atomic E-state index is -0.947. The topological polar surface area (TPSA) is 53.4 Å². The van der Waals surface area contributed by atoms with Crippen molar-refractivity contribution < 1.29 is 9.90 Å². The molecule has 1 aromatic heterocycles. The molecule has 86 valence electrons. The van der Waals surface area contributed by atoms with Gasteiger partial charge in [-0.2, -0.15) is 0 Å². The van der Waals surface area contributed by atoms with Crippen molar-refractivity contribution in [2.24, 2.45) is 0 Å². The zero-order valence-corrected chi connectivity index (χ0v) is 9.39. The van der Waals surface area contributed by atoms with E-state index in [0.717, 1.165) is 31.5 Å². The van der Waals surface area contributed by atoms with Crippen molar-refractivity contribution in [2.45, 2.75) is 32.2 Å². The zero-order chi connectivity index (χ0) is 11.5. The molecular weight excluding hydrogens is 204 g/mol. The summed E-state index contributed by atoms with van der Waals surface area (Å²) < 4.78 is 0. The van der Waals surface area contributed by atoms with E-state index in [4.69, 9.17) is 5.11 Å². The molecule has 1 N–H and O–H groups in total. The van der Waals surface area contributed by atoms with E-state index in [0.29, 0.717) is 6.04 Å². The lowest BCUT2D eigenvalue weighted by molar-refractivity contribution is 0.0691. The molecule has 0 bridgehead atoms. The number of hydrogen-bond acceptors (Lipinski definition) is 3. The minimum Gasteiger partial charge on any atom is -0.476 e. The monoisotopic (exact) mass is 220 g/mol. The number of rotatable bonds is 5. The highest BCUT2D eigenvalue weighted by Crippen LogP contribution is 2.32. The molecule has 1 fully saturated rings. The van der Waals surface area contributed by atoms with Gasteiger partial charge in [0.1, 0.15) is 0 Å². The molecule has 0 radical (unpaired) electrons. The molecule has 0 aliphatic heterocycles. The smallest absolute Gasteiger partial charge is 0.356 e. The van der Waals surface area contributed by atoms with Gasteiger partial charge in [-0.3, -0.25) is 0 Å². The van der Waals surface area contributed by atoms with Gasteiger partial charge in [0.2, 0.25) is 0 Å². The van der Waals surface area contributed by atoms with Crippen molar-refractivity contribution in [3.05, 3.63) is 24.0 Å². The van der Waals surface area contributed by atoms with Crippen LogP contribution < -0.4 is 4.90 Å². The molecule has 4 nitrogen and oxygen atoms in total. The summed E-state index contributed by atoms with van der Waals surface area (Å²) in [4.78, 5) is 17.2. The number of aromatic carboxylic acids is 1. The van der Waals surface area contributed by atoms with Crippen LogP contribution in [-0.2, 0) is 0 Å². The van der Waals surface area contributed by atoms with Gasteiger partial charge in [0.25, 0.3) is 0 Å². The van der Waals surface area contributed by atoms with Crippen LogP contribution >= 0.6 is 0 Å². The molecule has 1 heterocycles. The van der Waals surface area contributed by atoms with Crippen molar-refractivity contribution in [3.63, 3.8) is 0 Å². The fourth-order valence-corrected chi connectivity index (χ4v) is 1.92. The summed E-state index contributed by atoms with van der Waals surface area (Å²) in [6, 6.07) is 4.17. The number of aromatic nitrogens is 1. The summed E-state index contributed by atoms with van der Waals surface area (Å²) >= 11 is 0. The Morgan fingerprint density at radius 2 is 2.38 bits per heavy atom. The molecule has 0 aromatic carbocycles. The predicted molar refractivity (Wildman–Crippen MR) is 61.9 cm³/mol. The van der Waals surface area contributed by atoms with Gasteiger partial charge >= 0.3 is 5.97 Å². The number of carboxylic acids is 1. The molecular formula is C12H16N2O2. The first-order valence-corrected chi connectivity index (χ1v) is 5.69. The number of anilines is 1. The molecule has 1 aliphatic carbocycles. The fourth-order valence-electron chi connectivity index (χ4n) is 1.92. The molecule has 0 saturated heterocycles. The van der Waals surface area contributed by atoms with Gasteiger partial charge < -0.3 is 10.0 Å². The fraction of sp³-hybridized carbons (Fsp3) is 0.500. The Labute approximate surface area is 94.9 Å². The summed E-state index contributed by atoms with van der Waals surface area (Å²) in [5.74, 6) is -0.947. The summed E-state index contributed by atoms with van der Waals surface area (Å²) in [6.07, 6.45) is 4.87. The van der Waals surface area contributed by atoms with Gasteiger partial charge in [0, 0.05) is 18.8 Å². The van der Waals surface area contributed by atoms with Gasteiger partial charge in [-0.25, -0.2) is 9.78 Å². The van der Waals surface area contributed by atoms with E-state index >= 15 is 0 Å². The Bertz CT molecular complexity index is 388. The second-order valence-corrected chi connectivity index (χ2v) is 4.10. The molecule has 1 aliphatic rings. The van der Waals surface area contributed by atoms with Gasteiger partial charge in [-0.1, -0.05) is 6.92 Å². The highest BCUT2D eigenvalue weighted by Gasteiger charge is 2.31. The Balaban J connectivity index is 2.32. The Morgan fingerprint density at radius 1 is 1.62 bits per heavy atom. The average molecular weight is 220 g/mol. The third kappa shape index (κ3) is 2.15. The van der Waals surface area contributed by atoms with Crippen LogP contribution in [0.4, 0.5) is 5.69 Å². The van der Waals surface area contributed by atoms with E-state index in [1.807, 2.05) is 6.07 Å². The lowest BCUT2D eigenvalue weighted by Crippen LogP contribution is -2.28. The van der Waals surface area contributed by atoms with Crippen LogP contribution in [-0.4, -0.2) is 28.6 Å². The molecule has 0 atom stereocenters. The van der Waals surface area contributed by atoms with Crippen molar-refractivity contribution in [1.82, 2.24) is 4.98 Å². The normalized spacial score (nSPS) is 14.8. The largest absolute Gasteiger partial charge is 0.476 e. The lowest BCUT2D eigenvalue weighted by atomic mass is 10.2. The third-order valence-corrected chi connectivity index (χ3v) is 2.75. The first kappa shape index (κ1) is 10.9. The average Bonchev–Trinajstić information content (AvgIpc) is 3.10. The van der Waals surface area contributed by atoms with E-state index in [-0.39, 0.29) is 5.69 Å². The zero-order valence-electron chi connectivity index (χ0n) is 9.39. The van der Waals surface area contributed by atoms with Crippen LogP contribution in [0.15, 0.2) is 18.3 Å². The van der Waals surface area contributed by atoms with Crippen molar-refractivity contribution in [2.75, 3.05) is 11.4 Å². The van der Waals surface area contributed by atoms with Crippen LogP contribution in [0.1, 0.15) is 36.7 Å². The number of hydrogen-bond donors (Lipinski definition) is 1. The van der Waals surface area contributed by atoms with E-state index in [9.17, 15) is 4.79 Å². The molecule has 0 unspecified atom stereocenters. The molecule has 0 spiro atoms. The minimum absolute atomic E-state index is 0.169. The highest BCUT2D eigenvalue weighted by molar-refractivity contribution is 5.92. The highest BCUT2D eigenvalue weighted by atomic mass is 16.4. The predicted octanol–water partition coefficient (Wildman–Crippen LogP) is 2.16. The van der Waals surface area contributed by atoms with Crippen LogP contribution in [0, 0.1) is 0 Å². The van der Waals surface area contributed by atoms with Crippen molar-refractivity contribution in [1.29, 1.82) is 0 Å². The molecule has 1 saturated carbocycles. The lowest BCUT2D eigenvalue weighted by Gasteiger charge is -2.24. The number of carbonyl (C=O) groups is 1. The van der Waals surface area contributed by atoms with Gasteiger partial charge in [0.05, 0.1) is 5.69 Å².